The summed E-state index contributed by atoms with van der Waals surface area (Å²) >= 11 is 0. The first-order valence-corrected chi connectivity index (χ1v) is 11.0. The van der Waals surface area contributed by atoms with Gasteiger partial charge in [0.25, 0.3) is 0 Å². The Kier molecular flexibility index (Phi) is 6.36. The van der Waals surface area contributed by atoms with Gasteiger partial charge in [-0.25, -0.2) is 16.8 Å². The fraction of sp³-hybridized carbons (Fsp3) is 0.636. The molecule has 1 saturated heterocycles. The van der Waals surface area contributed by atoms with E-state index in [-0.39, 0.29) is 0 Å². The molecule has 0 radical (unpaired) electrons. The molecule has 0 aromatic carbocycles. The summed E-state index contributed by atoms with van der Waals surface area (Å²) in [6.45, 7) is 0. The normalized spacial score (nSPS) is 28.9. The van der Waals surface area contributed by atoms with E-state index in [0.29, 0.717) is 0 Å². The second-order valence-electron chi connectivity index (χ2n) is 4.46. The molecule has 1 fully saturated rings. The lowest BCUT2D eigenvalue weighted by Gasteiger charge is -2.11. The summed E-state index contributed by atoms with van der Waals surface area (Å²) in [5, 5.41) is 0. The summed E-state index contributed by atoms with van der Waals surface area (Å²) in [7, 11) is -10.1. The van der Waals surface area contributed by atoms with Crippen LogP contribution in [0.15, 0.2) is 0 Å². The molecule has 0 bridgehead atoms. The average molecular weight is 371 g/mol. The fourth-order valence-electron chi connectivity index (χ4n) is 1.74. The summed E-state index contributed by atoms with van der Waals surface area (Å²) in [5.74, 6) is 1.69. The molecule has 0 amide bonds. The Morgan fingerprint density at radius 1 is 1.05 bits per heavy atom. The van der Waals surface area contributed by atoms with Crippen LogP contribution < -0.4 is 0 Å². The van der Waals surface area contributed by atoms with E-state index in [9.17, 15) is 21.7 Å². The molecule has 11 heteroatoms. The molecule has 0 aromatic heterocycles. The van der Waals surface area contributed by atoms with Crippen LogP contribution in [0.25, 0.3) is 0 Å². The van der Waals surface area contributed by atoms with Crippen LogP contribution in [0.5, 0.6) is 0 Å². The highest BCUT2D eigenvalue weighted by Gasteiger charge is 2.60. The lowest BCUT2D eigenvalue weighted by atomic mass is 10.3. The van der Waals surface area contributed by atoms with Crippen molar-refractivity contribution in [1.82, 2.24) is 0 Å². The predicted molar refractivity (Wildman–Crippen MR) is 80.9 cm³/mol. The summed E-state index contributed by atoms with van der Waals surface area (Å²) in [6, 6.07) is 0. The number of rotatable bonds is 7. The first kappa shape index (κ1) is 19.3. The van der Waals surface area contributed by atoms with Gasteiger partial charge in [-0.2, -0.15) is 9.42 Å². The Balaban J connectivity index is 2.97. The molecule has 2 unspecified atom stereocenters. The summed E-state index contributed by atoms with van der Waals surface area (Å²) in [4.78, 5) is 9.87. The van der Waals surface area contributed by atoms with Crippen LogP contribution in [0, 0.1) is 24.7 Å². The van der Waals surface area contributed by atoms with Crippen molar-refractivity contribution in [3.8, 4) is 24.7 Å². The zero-order valence-corrected chi connectivity index (χ0v) is 14.2. The van der Waals surface area contributed by atoms with E-state index >= 15 is 0 Å². The molecule has 0 aliphatic carbocycles. The van der Waals surface area contributed by atoms with Crippen molar-refractivity contribution in [3.63, 3.8) is 0 Å². The zero-order valence-electron chi connectivity index (χ0n) is 11.7. The predicted octanol–water partition coefficient (Wildman–Crippen LogP) is -0.817. The van der Waals surface area contributed by atoms with Crippen molar-refractivity contribution >= 4 is 27.8 Å². The minimum atomic E-state index is -3.76. The van der Waals surface area contributed by atoms with Gasteiger partial charge in [0.05, 0.1) is 18.6 Å². The van der Waals surface area contributed by atoms with Gasteiger partial charge >= 0.3 is 8.17 Å². The van der Waals surface area contributed by atoms with Gasteiger partial charge in [-0.1, -0.05) is 11.8 Å². The Morgan fingerprint density at radius 3 is 1.68 bits per heavy atom. The third kappa shape index (κ3) is 5.49. The molecule has 0 aromatic rings. The van der Waals surface area contributed by atoms with Gasteiger partial charge in [0.2, 0.25) is 0 Å². The molecular formula is C11H16O8PS2+. The van der Waals surface area contributed by atoms with Crippen LogP contribution >= 0.6 is 8.17 Å². The second-order valence-corrected chi connectivity index (χ2v) is 10.4. The Bertz CT molecular complexity index is 629. The largest absolute Gasteiger partial charge is 0.573 e. The quantitative estimate of drug-likeness (QED) is 0.456. The van der Waals surface area contributed by atoms with Crippen LogP contribution in [0.3, 0.4) is 0 Å². The highest BCUT2D eigenvalue weighted by atomic mass is 32.2. The van der Waals surface area contributed by atoms with Crippen molar-refractivity contribution in [2.75, 3.05) is 30.1 Å². The van der Waals surface area contributed by atoms with Crippen LogP contribution in [0.2, 0.25) is 0 Å². The maximum atomic E-state index is 11.8. The summed E-state index contributed by atoms with van der Waals surface area (Å²) < 4.78 is 61.8. The van der Waals surface area contributed by atoms with E-state index in [1.807, 2.05) is 11.8 Å². The number of hydrogen-bond donors (Lipinski definition) is 1. The lowest BCUT2D eigenvalue weighted by Crippen LogP contribution is -2.36. The smallest absolute Gasteiger partial charge is 0.228 e. The van der Waals surface area contributed by atoms with Crippen molar-refractivity contribution in [1.29, 1.82) is 0 Å². The molecule has 8 nitrogen and oxygen atoms in total. The molecule has 124 valence electrons. The standard InChI is InChI=1S/C11H16O8PS2/c1-4-6-21(13,14)8-10-11(9-22(15,16)7-5-2)19-20(12,17-3)18-10/h1-2,10-12H,6-9H2,3H3/q+1. The van der Waals surface area contributed by atoms with Crippen LogP contribution in [0.1, 0.15) is 0 Å². The maximum Gasteiger partial charge on any atom is 0.573 e. The third-order valence-electron chi connectivity index (χ3n) is 2.63. The maximum absolute atomic E-state index is 11.8. The first-order valence-electron chi connectivity index (χ1n) is 5.88. The second kappa shape index (κ2) is 7.24. The highest BCUT2D eigenvalue weighted by molar-refractivity contribution is 7.92. The number of terminal acetylenes is 2. The fourth-order valence-corrected chi connectivity index (χ4v) is 5.58. The van der Waals surface area contributed by atoms with Gasteiger partial charge in [0, 0.05) is 0 Å². The van der Waals surface area contributed by atoms with Crippen molar-refractivity contribution in [3.05, 3.63) is 0 Å². The minimum absolute atomic E-state index is 0.541. The van der Waals surface area contributed by atoms with E-state index in [1.165, 1.54) is 0 Å². The highest BCUT2D eigenvalue weighted by Crippen LogP contribution is 2.64. The van der Waals surface area contributed by atoms with Gasteiger partial charge in [-0.05, 0) is 0 Å². The molecule has 1 aliphatic rings. The minimum Gasteiger partial charge on any atom is -0.228 e. The molecule has 0 saturated carbocycles. The zero-order chi connectivity index (χ0) is 17.0. The summed E-state index contributed by atoms with van der Waals surface area (Å²) in [5.41, 5.74) is 0. The molecule has 2 atom stereocenters. The van der Waals surface area contributed by atoms with E-state index in [4.69, 9.17) is 21.9 Å². The number of sulfone groups is 2. The molecule has 1 aliphatic heterocycles. The van der Waals surface area contributed by atoms with Gasteiger partial charge in [0.15, 0.2) is 31.9 Å². The van der Waals surface area contributed by atoms with E-state index in [0.717, 1.165) is 7.11 Å². The van der Waals surface area contributed by atoms with E-state index in [2.05, 4.69) is 4.52 Å². The molecule has 1 rings (SSSR count). The average Bonchev–Trinajstić information content (AvgIpc) is 2.64. The topological polar surface area (TPSA) is 116 Å². The molecule has 0 spiro atoms. The van der Waals surface area contributed by atoms with Gasteiger partial charge < -0.3 is 0 Å². The van der Waals surface area contributed by atoms with Crippen LogP contribution in [0.4, 0.5) is 0 Å². The van der Waals surface area contributed by atoms with Gasteiger partial charge in [0.1, 0.15) is 11.5 Å². The lowest BCUT2D eigenvalue weighted by molar-refractivity contribution is 0.170. The molecule has 22 heavy (non-hydrogen) atoms. The molecular weight excluding hydrogens is 355 g/mol. The van der Waals surface area contributed by atoms with E-state index in [1.54, 1.807) is 0 Å². The van der Waals surface area contributed by atoms with Crippen LogP contribution in [-0.4, -0.2) is 64.1 Å². The summed E-state index contributed by atoms with van der Waals surface area (Å²) in [6.07, 6.45) is 7.48. The van der Waals surface area contributed by atoms with Crippen molar-refractivity contribution in [2.24, 2.45) is 0 Å². The first-order chi connectivity index (χ1) is 10.1. The van der Waals surface area contributed by atoms with Gasteiger partial charge in [-0.3, -0.25) is 0 Å². The molecule has 1 heterocycles. The molecule has 1 N–H and O–H groups in total. The Labute approximate surface area is 130 Å². The Morgan fingerprint density at radius 2 is 1.41 bits per heavy atom. The monoisotopic (exact) mass is 371 g/mol. The van der Waals surface area contributed by atoms with E-state index < -0.39 is 63.1 Å². The van der Waals surface area contributed by atoms with Crippen LogP contribution in [-0.2, 0) is 33.2 Å². The van der Waals surface area contributed by atoms with Gasteiger partial charge in [-0.15, -0.1) is 21.9 Å². The Hall–Kier alpha value is -0.710. The SMILES string of the molecule is C#CCS(=O)(=O)CC1O[P+](O)(OC)OC1CS(=O)(=O)CC#C. The van der Waals surface area contributed by atoms with Crippen molar-refractivity contribution < 1.29 is 35.3 Å². The number of hydrogen-bond acceptors (Lipinski definition) is 8. The third-order valence-corrected chi connectivity index (χ3v) is 7.05. The van der Waals surface area contributed by atoms with Crippen molar-refractivity contribution in [2.45, 2.75) is 12.2 Å².